The Morgan fingerprint density at radius 1 is 1.35 bits per heavy atom. The highest BCUT2D eigenvalue weighted by Gasteiger charge is 2.29. The lowest BCUT2D eigenvalue weighted by Gasteiger charge is -2.43. The number of nitrogens with one attached hydrogen (secondary N) is 1. The molecule has 2 unspecified atom stereocenters. The molecule has 3 nitrogen and oxygen atoms in total. The summed E-state index contributed by atoms with van der Waals surface area (Å²) < 4.78 is 0. The molecule has 1 saturated heterocycles. The number of nitrogens with zero attached hydrogens (tertiary/aromatic N) is 2. The third kappa shape index (κ3) is 4.29. The number of rotatable bonds is 5. The lowest BCUT2D eigenvalue weighted by Crippen LogP contribution is -2.58. The van der Waals surface area contributed by atoms with E-state index in [0.717, 1.165) is 25.6 Å². The monoisotopic (exact) mass is 275 g/mol. The molecule has 1 aliphatic heterocycles. The summed E-state index contributed by atoms with van der Waals surface area (Å²) in [6.07, 6.45) is 5.11. The molecule has 0 bridgehead atoms. The second-order valence-electron chi connectivity index (χ2n) is 6.84. The van der Waals surface area contributed by atoms with E-state index in [1.807, 2.05) is 18.5 Å². The quantitative estimate of drug-likeness (QED) is 0.895. The standard InChI is InChI=1S/C17H29N3/c1-13(2)8-16-12-20(17(10-19-16)14(3)4)11-15-6-5-7-18-9-15/h5-7,9,13-14,16-17,19H,8,10-12H2,1-4H3. The third-order valence-corrected chi connectivity index (χ3v) is 4.17. The first-order valence-electron chi connectivity index (χ1n) is 7.92. The van der Waals surface area contributed by atoms with Gasteiger partial charge in [0.15, 0.2) is 0 Å². The van der Waals surface area contributed by atoms with Crippen molar-refractivity contribution in [3.63, 3.8) is 0 Å². The van der Waals surface area contributed by atoms with Crippen LogP contribution in [0.1, 0.15) is 39.7 Å². The minimum Gasteiger partial charge on any atom is -0.311 e. The highest BCUT2D eigenvalue weighted by molar-refractivity contribution is 5.09. The molecule has 112 valence electrons. The molecule has 2 rings (SSSR count). The molecule has 0 spiro atoms. The van der Waals surface area contributed by atoms with Crippen LogP contribution >= 0.6 is 0 Å². The van der Waals surface area contributed by atoms with E-state index >= 15 is 0 Å². The molecular formula is C17H29N3. The van der Waals surface area contributed by atoms with Crippen LogP contribution in [-0.2, 0) is 6.54 Å². The first-order valence-corrected chi connectivity index (χ1v) is 7.92. The van der Waals surface area contributed by atoms with Gasteiger partial charge in [-0.1, -0.05) is 33.8 Å². The van der Waals surface area contributed by atoms with Crippen LogP contribution in [0.4, 0.5) is 0 Å². The number of hydrogen-bond donors (Lipinski definition) is 1. The summed E-state index contributed by atoms with van der Waals surface area (Å²) in [7, 11) is 0. The van der Waals surface area contributed by atoms with E-state index < -0.39 is 0 Å². The number of hydrogen-bond acceptors (Lipinski definition) is 3. The first-order chi connectivity index (χ1) is 9.56. The Morgan fingerprint density at radius 3 is 2.75 bits per heavy atom. The van der Waals surface area contributed by atoms with Crippen molar-refractivity contribution in [1.82, 2.24) is 15.2 Å². The second-order valence-corrected chi connectivity index (χ2v) is 6.84. The van der Waals surface area contributed by atoms with Crippen molar-refractivity contribution >= 4 is 0 Å². The minimum atomic E-state index is 0.624. The van der Waals surface area contributed by atoms with Crippen LogP contribution in [0.3, 0.4) is 0 Å². The van der Waals surface area contributed by atoms with Gasteiger partial charge >= 0.3 is 0 Å². The molecule has 0 saturated carbocycles. The second kappa shape index (κ2) is 7.19. The molecule has 1 N–H and O–H groups in total. The highest BCUT2D eigenvalue weighted by Crippen LogP contribution is 2.20. The maximum Gasteiger partial charge on any atom is 0.0312 e. The van der Waals surface area contributed by atoms with Crippen molar-refractivity contribution in [3.05, 3.63) is 30.1 Å². The Balaban J connectivity index is 2.03. The average molecular weight is 275 g/mol. The van der Waals surface area contributed by atoms with Gasteiger partial charge < -0.3 is 5.32 Å². The first kappa shape index (κ1) is 15.5. The molecule has 0 aliphatic carbocycles. The van der Waals surface area contributed by atoms with Crippen LogP contribution in [0.25, 0.3) is 0 Å². The Kier molecular flexibility index (Phi) is 5.55. The number of pyridine rings is 1. The van der Waals surface area contributed by atoms with E-state index in [4.69, 9.17) is 0 Å². The summed E-state index contributed by atoms with van der Waals surface area (Å²) in [5, 5.41) is 3.74. The maximum absolute atomic E-state index is 4.25. The van der Waals surface area contributed by atoms with Crippen LogP contribution in [-0.4, -0.2) is 35.1 Å². The molecule has 0 aromatic carbocycles. The van der Waals surface area contributed by atoms with Crippen molar-refractivity contribution in [3.8, 4) is 0 Å². The summed E-state index contributed by atoms with van der Waals surface area (Å²) >= 11 is 0. The van der Waals surface area contributed by atoms with Crippen molar-refractivity contribution < 1.29 is 0 Å². The fraction of sp³-hybridized carbons (Fsp3) is 0.706. The molecule has 1 aromatic rings. The van der Waals surface area contributed by atoms with Gasteiger partial charge in [0, 0.05) is 44.1 Å². The zero-order valence-electron chi connectivity index (χ0n) is 13.3. The molecular weight excluding hydrogens is 246 g/mol. The van der Waals surface area contributed by atoms with Gasteiger partial charge in [-0.15, -0.1) is 0 Å². The predicted molar refractivity (Wildman–Crippen MR) is 84.5 cm³/mol. The molecule has 2 atom stereocenters. The van der Waals surface area contributed by atoms with Crippen molar-refractivity contribution in [2.24, 2.45) is 11.8 Å². The molecule has 20 heavy (non-hydrogen) atoms. The lowest BCUT2D eigenvalue weighted by molar-refractivity contribution is 0.0851. The average Bonchev–Trinajstić information content (AvgIpc) is 2.39. The van der Waals surface area contributed by atoms with Gasteiger partial charge in [0.25, 0.3) is 0 Å². The summed E-state index contributed by atoms with van der Waals surface area (Å²) in [5.41, 5.74) is 1.32. The number of piperazine rings is 1. The molecule has 0 radical (unpaired) electrons. The summed E-state index contributed by atoms with van der Waals surface area (Å²) in [6.45, 7) is 12.5. The summed E-state index contributed by atoms with van der Waals surface area (Å²) in [5.74, 6) is 1.43. The predicted octanol–water partition coefficient (Wildman–Crippen LogP) is 2.93. The SMILES string of the molecule is CC(C)CC1CN(Cc2cccnc2)C(C(C)C)CN1. The topological polar surface area (TPSA) is 28.2 Å². The fourth-order valence-corrected chi connectivity index (χ4v) is 3.19. The lowest BCUT2D eigenvalue weighted by atomic mass is 9.94. The molecule has 0 amide bonds. The van der Waals surface area contributed by atoms with Crippen molar-refractivity contribution in [2.75, 3.05) is 13.1 Å². The van der Waals surface area contributed by atoms with Crippen molar-refractivity contribution in [1.29, 1.82) is 0 Å². The highest BCUT2D eigenvalue weighted by atomic mass is 15.2. The van der Waals surface area contributed by atoms with Crippen LogP contribution in [0.15, 0.2) is 24.5 Å². The van der Waals surface area contributed by atoms with Crippen LogP contribution in [0, 0.1) is 11.8 Å². The van der Waals surface area contributed by atoms with Gasteiger partial charge in [-0.2, -0.15) is 0 Å². The van der Waals surface area contributed by atoms with E-state index in [2.05, 4.69) is 49.0 Å². The van der Waals surface area contributed by atoms with E-state index in [0.29, 0.717) is 18.0 Å². The molecule has 1 fully saturated rings. The van der Waals surface area contributed by atoms with Crippen LogP contribution in [0.2, 0.25) is 0 Å². The minimum absolute atomic E-state index is 0.624. The largest absolute Gasteiger partial charge is 0.311 e. The Labute approximate surface area is 123 Å². The molecule has 3 heteroatoms. The zero-order valence-corrected chi connectivity index (χ0v) is 13.3. The van der Waals surface area contributed by atoms with E-state index in [9.17, 15) is 0 Å². The van der Waals surface area contributed by atoms with Gasteiger partial charge in [-0.25, -0.2) is 0 Å². The molecule has 1 aliphatic rings. The Hall–Kier alpha value is -0.930. The van der Waals surface area contributed by atoms with Crippen LogP contribution < -0.4 is 5.32 Å². The van der Waals surface area contributed by atoms with E-state index in [1.165, 1.54) is 12.0 Å². The van der Waals surface area contributed by atoms with Crippen LogP contribution in [0.5, 0.6) is 0 Å². The smallest absolute Gasteiger partial charge is 0.0312 e. The van der Waals surface area contributed by atoms with Gasteiger partial charge in [-0.3, -0.25) is 9.88 Å². The van der Waals surface area contributed by atoms with Gasteiger partial charge in [-0.05, 0) is 29.9 Å². The van der Waals surface area contributed by atoms with Gasteiger partial charge in [0.2, 0.25) is 0 Å². The van der Waals surface area contributed by atoms with Gasteiger partial charge in [0.05, 0.1) is 0 Å². The van der Waals surface area contributed by atoms with E-state index in [-0.39, 0.29) is 0 Å². The third-order valence-electron chi connectivity index (χ3n) is 4.17. The maximum atomic E-state index is 4.25. The normalized spacial score (nSPS) is 24.5. The fourth-order valence-electron chi connectivity index (χ4n) is 3.19. The van der Waals surface area contributed by atoms with Gasteiger partial charge in [0.1, 0.15) is 0 Å². The van der Waals surface area contributed by atoms with Crippen molar-refractivity contribution in [2.45, 2.75) is 52.7 Å². The molecule has 1 aromatic heterocycles. The summed E-state index contributed by atoms with van der Waals surface area (Å²) in [6, 6.07) is 5.47. The molecule has 2 heterocycles. The van der Waals surface area contributed by atoms with E-state index in [1.54, 1.807) is 0 Å². The number of aromatic nitrogens is 1. The Bertz CT molecular complexity index is 388. The summed E-state index contributed by atoms with van der Waals surface area (Å²) in [4.78, 5) is 6.89. The Morgan fingerprint density at radius 2 is 2.15 bits per heavy atom. The zero-order chi connectivity index (χ0) is 14.5.